The first-order chi connectivity index (χ1) is 11.8. The lowest BCUT2D eigenvalue weighted by Gasteiger charge is -1.97. The zero-order valence-electron chi connectivity index (χ0n) is 13.1. The van der Waals surface area contributed by atoms with Crippen LogP contribution in [0.25, 0.3) is 20.9 Å². The van der Waals surface area contributed by atoms with Crippen LogP contribution in [0.4, 0.5) is 11.4 Å². The Bertz CT molecular complexity index is 804. The van der Waals surface area contributed by atoms with Crippen LogP contribution in [0.5, 0.6) is 0 Å². The normalized spacial score (nSPS) is 10.0. The number of nitrogen functional groups attached to an aromatic ring is 2. The molecule has 120 valence electrons. The standard InChI is InChI=1S/2C10H9NS/c2*11-9-6-7-12-10(9)8-4-2-1-3-5-8/h2*1-7H,11H2. The molecule has 0 saturated heterocycles. The molecule has 2 heterocycles. The molecule has 0 fully saturated rings. The van der Waals surface area contributed by atoms with Crippen LogP contribution in [-0.2, 0) is 0 Å². The molecule has 0 atom stereocenters. The Kier molecular flexibility index (Phi) is 5.31. The van der Waals surface area contributed by atoms with Crippen molar-refractivity contribution in [2.75, 3.05) is 11.5 Å². The van der Waals surface area contributed by atoms with Gasteiger partial charge >= 0.3 is 0 Å². The molecule has 2 aromatic heterocycles. The average Bonchev–Trinajstić information content (AvgIpc) is 3.25. The van der Waals surface area contributed by atoms with Crippen molar-refractivity contribution < 1.29 is 0 Å². The Balaban J connectivity index is 0.000000141. The fourth-order valence-electron chi connectivity index (χ4n) is 2.29. The molecule has 0 spiro atoms. The van der Waals surface area contributed by atoms with E-state index < -0.39 is 0 Å². The van der Waals surface area contributed by atoms with Crippen molar-refractivity contribution in [3.8, 4) is 20.9 Å². The molecule has 2 aromatic carbocycles. The second-order valence-electron chi connectivity index (χ2n) is 5.14. The first-order valence-corrected chi connectivity index (χ1v) is 9.28. The summed E-state index contributed by atoms with van der Waals surface area (Å²) in [6.45, 7) is 0. The predicted molar refractivity (Wildman–Crippen MR) is 108 cm³/mol. The van der Waals surface area contributed by atoms with Gasteiger partial charge in [0.25, 0.3) is 0 Å². The molecule has 4 heteroatoms. The van der Waals surface area contributed by atoms with Crippen LogP contribution < -0.4 is 11.5 Å². The minimum atomic E-state index is 0.867. The first kappa shape index (κ1) is 16.3. The monoisotopic (exact) mass is 350 g/mol. The number of hydrogen-bond donors (Lipinski definition) is 2. The van der Waals surface area contributed by atoms with Crippen molar-refractivity contribution in [2.45, 2.75) is 0 Å². The number of benzene rings is 2. The van der Waals surface area contributed by atoms with E-state index in [0.29, 0.717) is 0 Å². The third-order valence-corrected chi connectivity index (χ3v) is 5.42. The highest BCUT2D eigenvalue weighted by atomic mass is 32.1. The highest BCUT2D eigenvalue weighted by Gasteiger charge is 2.02. The van der Waals surface area contributed by atoms with Gasteiger partial charge in [0, 0.05) is 0 Å². The molecular formula is C20H18N2S2. The number of anilines is 2. The van der Waals surface area contributed by atoms with Crippen LogP contribution in [0.1, 0.15) is 0 Å². The van der Waals surface area contributed by atoms with Gasteiger partial charge in [0.1, 0.15) is 0 Å². The van der Waals surface area contributed by atoms with Gasteiger partial charge < -0.3 is 11.5 Å². The smallest absolute Gasteiger partial charge is 0.0572 e. The minimum Gasteiger partial charge on any atom is -0.398 e. The first-order valence-electron chi connectivity index (χ1n) is 7.52. The lowest BCUT2D eigenvalue weighted by atomic mass is 10.2. The lowest BCUT2D eigenvalue weighted by Crippen LogP contribution is -1.82. The van der Waals surface area contributed by atoms with E-state index in [0.717, 1.165) is 21.1 Å². The molecule has 4 N–H and O–H groups in total. The van der Waals surface area contributed by atoms with Crippen molar-refractivity contribution >= 4 is 34.0 Å². The average molecular weight is 351 g/mol. The number of rotatable bonds is 2. The van der Waals surface area contributed by atoms with Crippen LogP contribution in [0.3, 0.4) is 0 Å². The number of hydrogen-bond acceptors (Lipinski definition) is 4. The molecular weight excluding hydrogens is 332 g/mol. The van der Waals surface area contributed by atoms with Gasteiger partial charge in [-0.05, 0) is 34.0 Å². The molecule has 24 heavy (non-hydrogen) atoms. The molecule has 0 radical (unpaired) electrons. The summed E-state index contributed by atoms with van der Waals surface area (Å²) in [6.07, 6.45) is 0. The molecule has 4 aromatic rings. The van der Waals surface area contributed by atoms with Gasteiger partial charge in [-0.1, -0.05) is 60.7 Å². The molecule has 0 aliphatic heterocycles. The Morgan fingerprint density at radius 3 is 1.17 bits per heavy atom. The Morgan fingerprint density at radius 2 is 0.875 bits per heavy atom. The Hall–Kier alpha value is -2.56. The fourth-order valence-corrected chi connectivity index (χ4v) is 3.94. The highest BCUT2D eigenvalue weighted by molar-refractivity contribution is 7.14. The van der Waals surface area contributed by atoms with Crippen molar-refractivity contribution in [1.29, 1.82) is 0 Å². The molecule has 0 aliphatic carbocycles. The maximum Gasteiger partial charge on any atom is 0.0572 e. The highest BCUT2D eigenvalue weighted by Crippen LogP contribution is 2.31. The van der Waals surface area contributed by atoms with Gasteiger partial charge in [-0.3, -0.25) is 0 Å². The van der Waals surface area contributed by atoms with Gasteiger partial charge in [-0.15, -0.1) is 22.7 Å². The van der Waals surface area contributed by atoms with Crippen molar-refractivity contribution in [3.05, 3.63) is 83.6 Å². The lowest BCUT2D eigenvalue weighted by molar-refractivity contribution is 1.69. The summed E-state index contributed by atoms with van der Waals surface area (Å²) in [4.78, 5) is 2.33. The van der Waals surface area contributed by atoms with E-state index in [9.17, 15) is 0 Å². The third-order valence-electron chi connectivity index (χ3n) is 3.46. The molecule has 4 rings (SSSR count). The van der Waals surface area contributed by atoms with E-state index >= 15 is 0 Å². The van der Waals surface area contributed by atoms with E-state index in [1.807, 2.05) is 59.3 Å². The van der Waals surface area contributed by atoms with Gasteiger partial charge in [0.2, 0.25) is 0 Å². The maximum absolute atomic E-state index is 5.78. The summed E-state index contributed by atoms with van der Waals surface area (Å²) in [6, 6.07) is 24.3. The molecule has 0 saturated carbocycles. The summed E-state index contributed by atoms with van der Waals surface area (Å²) in [7, 11) is 0. The zero-order chi connectivity index (χ0) is 16.8. The SMILES string of the molecule is Nc1ccsc1-c1ccccc1.Nc1ccsc1-c1ccccc1. The third kappa shape index (κ3) is 3.85. The number of nitrogens with two attached hydrogens (primary N) is 2. The topological polar surface area (TPSA) is 52.0 Å². The van der Waals surface area contributed by atoms with Gasteiger partial charge in [0.05, 0.1) is 21.1 Å². The molecule has 0 aliphatic rings. The Morgan fingerprint density at radius 1 is 0.500 bits per heavy atom. The molecule has 0 amide bonds. The van der Waals surface area contributed by atoms with Crippen molar-refractivity contribution in [1.82, 2.24) is 0 Å². The summed E-state index contributed by atoms with van der Waals surface area (Å²) >= 11 is 3.36. The summed E-state index contributed by atoms with van der Waals surface area (Å²) in [5.41, 5.74) is 15.7. The maximum atomic E-state index is 5.78. The molecule has 2 nitrogen and oxygen atoms in total. The Labute approximate surface area is 150 Å². The van der Waals surface area contributed by atoms with E-state index in [2.05, 4.69) is 24.3 Å². The van der Waals surface area contributed by atoms with Crippen LogP contribution in [0.2, 0.25) is 0 Å². The predicted octanol–water partition coefficient (Wildman–Crippen LogP) is 5.99. The summed E-state index contributed by atoms with van der Waals surface area (Å²) in [5.74, 6) is 0. The largest absolute Gasteiger partial charge is 0.398 e. The quantitative estimate of drug-likeness (QED) is 0.466. The zero-order valence-corrected chi connectivity index (χ0v) is 14.7. The van der Waals surface area contributed by atoms with Crippen molar-refractivity contribution in [3.63, 3.8) is 0 Å². The van der Waals surface area contributed by atoms with E-state index in [-0.39, 0.29) is 0 Å². The minimum absolute atomic E-state index is 0.867. The van der Waals surface area contributed by atoms with E-state index in [1.165, 1.54) is 11.1 Å². The van der Waals surface area contributed by atoms with Crippen molar-refractivity contribution in [2.24, 2.45) is 0 Å². The van der Waals surface area contributed by atoms with Gasteiger partial charge in [-0.25, -0.2) is 0 Å². The van der Waals surface area contributed by atoms with Crippen LogP contribution in [0, 0.1) is 0 Å². The van der Waals surface area contributed by atoms with Gasteiger partial charge in [-0.2, -0.15) is 0 Å². The summed E-state index contributed by atoms with van der Waals surface area (Å²) < 4.78 is 0. The number of thiophene rings is 2. The van der Waals surface area contributed by atoms with Crippen LogP contribution in [-0.4, -0.2) is 0 Å². The second kappa shape index (κ2) is 7.81. The second-order valence-corrected chi connectivity index (χ2v) is 6.97. The van der Waals surface area contributed by atoms with E-state index in [4.69, 9.17) is 11.5 Å². The van der Waals surface area contributed by atoms with Crippen LogP contribution >= 0.6 is 22.7 Å². The molecule has 0 unspecified atom stereocenters. The van der Waals surface area contributed by atoms with E-state index in [1.54, 1.807) is 22.7 Å². The van der Waals surface area contributed by atoms with Gasteiger partial charge in [0.15, 0.2) is 0 Å². The summed E-state index contributed by atoms with van der Waals surface area (Å²) in [5, 5.41) is 4.02. The van der Waals surface area contributed by atoms with Crippen LogP contribution in [0.15, 0.2) is 83.6 Å². The molecule has 0 bridgehead atoms. The fraction of sp³-hybridized carbons (Fsp3) is 0.